The summed E-state index contributed by atoms with van der Waals surface area (Å²) in [6.45, 7) is 3.91. The van der Waals surface area contributed by atoms with Crippen molar-refractivity contribution in [2.75, 3.05) is 27.2 Å². The second-order valence-electron chi connectivity index (χ2n) is 6.07. The van der Waals surface area contributed by atoms with Crippen molar-refractivity contribution in [1.82, 2.24) is 4.90 Å². The molecule has 22 heavy (non-hydrogen) atoms. The first-order valence-electron chi connectivity index (χ1n) is 7.57. The molecule has 2 N–H and O–H groups in total. The molecule has 0 aromatic heterocycles. The molecule has 2 aromatic carbocycles. The van der Waals surface area contributed by atoms with Crippen LogP contribution in [0, 0.1) is 5.92 Å². The monoisotopic (exact) mass is 362 g/mol. The van der Waals surface area contributed by atoms with Gasteiger partial charge in [0, 0.05) is 18.5 Å². The highest BCUT2D eigenvalue weighted by Gasteiger charge is 2.38. The van der Waals surface area contributed by atoms with Gasteiger partial charge in [-0.2, -0.15) is 0 Å². The highest BCUT2D eigenvalue weighted by molar-refractivity contribution is 8.93. The first kappa shape index (κ1) is 18.9. The standard InChI is InChI=1S/C19H26N2.BrH/c1-16(14-21(2)3)19(15-20,17-10-6-4-7-11-17)18-12-8-5-9-13-18;/h4-13,16H,14-15,20H2,1-3H3;1H. The van der Waals surface area contributed by atoms with Crippen LogP contribution in [-0.4, -0.2) is 32.1 Å². The van der Waals surface area contributed by atoms with Crippen molar-refractivity contribution in [2.24, 2.45) is 11.7 Å². The van der Waals surface area contributed by atoms with Gasteiger partial charge in [-0.25, -0.2) is 0 Å². The van der Waals surface area contributed by atoms with Crippen LogP contribution in [0.3, 0.4) is 0 Å². The SMILES string of the molecule is Br.CC(CN(C)C)C(CN)(c1ccccc1)c1ccccc1. The maximum atomic E-state index is 6.33. The van der Waals surface area contributed by atoms with Gasteiger partial charge in [-0.1, -0.05) is 67.6 Å². The van der Waals surface area contributed by atoms with Crippen LogP contribution in [0.25, 0.3) is 0 Å². The van der Waals surface area contributed by atoms with Gasteiger partial charge in [-0.3, -0.25) is 0 Å². The summed E-state index contributed by atoms with van der Waals surface area (Å²) in [6.07, 6.45) is 0. The highest BCUT2D eigenvalue weighted by Crippen LogP contribution is 2.38. The van der Waals surface area contributed by atoms with Gasteiger partial charge in [0.25, 0.3) is 0 Å². The van der Waals surface area contributed by atoms with E-state index >= 15 is 0 Å². The molecule has 1 unspecified atom stereocenters. The average Bonchev–Trinajstić information content (AvgIpc) is 2.50. The molecule has 3 heteroatoms. The molecule has 0 heterocycles. The van der Waals surface area contributed by atoms with Crippen molar-refractivity contribution >= 4 is 17.0 Å². The number of nitrogens with zero attached hydrogens (tertiary/aromatic N) is 1. The van der Waals surface area contributed by atoms with Crippen LogP contribution in [0.1, 0.15) is 18.1 Å². The van der Waals surface area contributed by atoms with E-state index < -0.39 is 0 Å². The topological polar surface area (TPSA) is 29.3 Å². The summed E-state index contributed by atoms with van der Waals surface area (Å²) >= 11 is 0. The van der Waals surface area contributed by atoms with E-state index in [1.54, 1.807) is 0 Å². The third-order valence-corrected chi connectivity index (χ3v) is 4.38. The molecule has 0 spiro atoms. The molecule has 0 bridgehead atoms. The Labute approximate surface area is 145 Å². The second-order valence-corrected chi connectivity index (χ2v) is 6.07. The minimum Gasteiger partial charge on any atom is -0.329 e. The van der Waals surface area contributed by atoms with Crippen LogP contribution >= 0.6 is 17.0 Å². The largest absolute Gasteiger partial charge is 0.329 e. The molecule has 2 nitrogen and oxygen atoms in total. The molecular weight excluding hydrogens is 336 g/mol. The minimum atomic E-state index is -0.146. The number of halogens is 1. The maximum absolute atomic E-state index is 6.33. The molecule has 0 fully saturated rings. The van der Waals surface area contributed by atoms with Gasteiger partial charge in [0.1, 0.15) is 0 Å². The summed E-state index contributed by atoms with van der Waals surface area (Å²) < 4.78 is 0. The van der Waals surface area contributed by atoms with Crippen LogP contribution in [0.5, 0.6) is 0 Å². The van der Waals surface area contributed by atoms with Gasteiger partial charge in [0.2, 0.25) is 0 Å². The predicted molar refractivity (Wildman–Crippen MR) is 101 cm³/mol. The molecule has 2 rings (SSSR count). The van der Waals surface area contributed by atoms with Crippen molar-refractivity contribution < 1.29 is 0 Å². The van der Waals surface area contributed by atoms with Gasteiger partial charge < -0.3 is 10.6 Å². The van der Waals surface area contributed by atoms with Gasteiger partial charge in [-0.15, -0.1) is 17.0 Å². The number of hydrogen-bond donors (Lipinski definition) is 1. The molecule has 0 aliphatic heterocycles. The van der Waals surface area contributed by atoms with Crippen LogP contribution in [-0.2, 0) is 5.41 Å². The van der Waals surface area contributed by atoms with Crippen LogP contribution in [0.2, 0.25) is 0 Å². The lowest BCUT2D eigenvalue weighted by Crippen LogP contribution is -2.45. The van der Waals surface area contributed by atoms with E-state index in [4.69, 9.17) is 5.73 Å². The summed E-state index contributed by atoms with van der Waals surface area (Å²) in [4.78, 5) is 2.24. The Balaban J connectivity index is 0.00000242. The Morgan fingerprint density at radius 1 is 0.909 bits per heavy atom. The Morgan fingerprint density at radius 3 is 1.64 bits per heavy atom. The molecule has 0 aliphatic carbocycles. The smallest absolute Gasteiger partial charge is 0.0362 e. The van der Waals surface area contributed by atoms with Crippen LogP contribution in [0.15, 0.2) is 60.7 Å². The van der Waals surface area contributed by atoms with Crippen molar-refractivity contribution in [2.45, 2.75) is 12.3 Å². The van der Waals surface area contributed by atoms with Gasteiger partial charge in [-0.05, 0) is 31.1 Å². The first-order valence-corrected chi connectivity index (χ1v) is 7.57. The van der Waals surface area contributed by atoms with Crippen molar-refractivity contribution in [3.05, 3.63) is 71.8 Å². The molecular formula is C19H27BrN2. The normalized spacial score (nSPS) is 12.8. The summed E-state index contributed by atoms with van der Waals surface area (Å²) in [5, 5.41) is 0. The number of benzene rings is 2. The lowest BCUT2D eigenvalue weighted by Gasteiger charge is -2.40. The summed E-state index contributed by atoms with van der Waals surface area (Å²) in [7, 11) is 4.24. The van der Waals surface area contributed by atoms with E-state index in [1.165, 1.54) is 11.1 Å². The third kappa shape index (κ3) is 3.78. The molecule has 0 radical (unpaired) electrons. The fourth-order valence-corrected chi connectivity index (χ4v) is 3.35. The number of rotatable bonds is 6. The quantitative estimate of drug-likeness (QED) is 0.848. The van der Waals surface area contributed by atoms with Crippen molar-refractivity contribution in [1.29, 1.82) is 0 Å². The Hall–Kier alpha value is -1.16. The fourth-order valence-electron chi connectivity index (χ4n) is 3.35. The predicted octanol–water partition coefficient (Wildman–Crippen LogP) is 3.71. The van der Waals surface area contributed by atoms with E-state index in [0.717, 1.165) is 6.54 Å². The van der Waals surface area contributed by atoms with E-state index in [-0.39, 0.29) is 22.4 Å². The van der Waals surface area contributed by atoms with Crippen LogP contribution in [0.4, 0.5) is 0 Å². The zero-order chi connectivity index (χ0) is 15.3. The molecule has 0 saturated heterocycles. The number of nitrogens with two attached hydrogens (primary N) is 1. The van der Waals surface area contributed by atoms with Crippen LogP contribution < -0.4 is 5.73 Å². The molecule has 1 atom stereocenters. The second kappa shape index (κ2) is 8.47. The van der Waals surface area contributed by atoms with Crippen molar-refractivity contribution in [3.8, 4) is 0 Å². The van der Waals surface area contributed by atoms with E-state index in [0.29, 0.717) is 12.5 Å². The summed E-state index contributed by atoms with van der Waals surface area (Å²) in [5.41, 5.74) is 8.78. The van der Waals surface area contributed by atoms with Gasteiger partial charge in [0.15, 0.2) is 0 Å². The van der Waals surface area contributed by atoms with Crippen molar-refractivity contribution in [3.63, 3.8) is 0 Å². The zero-order valence-electron chi connectivity index (χ0n) is 13.7. The molecule has 120 valence electrons. The lowest BCUT2D eigenvalue weighted by molar-refractivity contribution is 0.258. The molecule has 2 aromatic rings. The van der Waals surface area contributed by atoms with E-state index in [1.807, 2.05) is 0 Å². The number of hydrogen-bond acceptors (Lipinski definition) is 2. The highest BCUT2D eigenvalue weighted by atomic mass is 79.9. The zero-order valence-corrected chi connectivity index (χ0v) is 15.4. The van der Waals surface area contributed by atoms with E-state index in [2.05, 4.69) is 86.6 Å². The Kier molecular flexibility index (Phi) is 7.27. The summed E-state index contributed by atoms with van der Waals surface area (Å²) in [6, 6.07) is 21.3. The van der Waals surface area contributed by atoms with Gasteiger partial charge >= 0.3 is 0 Å². The molecule has 0 amide bonds. The average molecular weight is 363 g/mol. The minimum absolute atomic E-state index is 0. The Bertz CT molecular complexity index is 500. The fraction of sp³-hybridized carbons (Fsp3) is 0.368. The lowest BCUT2D eigenvalue weighted by atomic mass is 9.66. The van der Waals surface area contributed by atoms with E-state index in [9.17, 15) is 0 Å². The summed E-state index contributed by atoms with van der Waals surface area (Å²) in [5.74, 6) is 0.419. The molecule has 0 aliphatic rings. The Morgan fingerprint density at radius 2 is 1.32 bits per heavy atom. The van der Waals surface area contributed by atoms with Gasteiger partial charge in [0.05, 0.1) is 0 Å². The third-order valence-electron chi connectivity index (χ3n) is 4.38. The molecule has 0 saturated carbocycles. The first-order chi connectivity index (χ1) is 10.1. The maximum Gasteiger partial charge on any atom is 0.0362 e.